The molecule has 1 N–H and O–H groups in total. The first-order chi connectivity index (χ1) is 14.2. The lowest BCUT2D eigenvalue weighted by molar-refractivity contribution is 0.205. The fourth-order valence-corrected chi connectivity index (χ4v) is 5.24. The van der Waals surface area contributed by atoms with Gasteiger partial charge in [0, 0.05) is 28.0 Å². The molecule has 0 radical (unpaired) electrons. The first-order valence-corrected chi connectivity index (χ1v) is 11.2. The van der Waals surface area contributed by atoms with Crippen molar-refractivity contribution in [2.24, 2.45) is 0 Å². The summed E-state index contributed by atoms with van der Waals surface area (Å²) in [6.45, 7) is 3.22. The van der Waals surface area contributed by atoms with Gasteiger partial charge >= 0.3 is 0 Å². The van der Waals surface area contributed by atoms with Gasteiger partial charge in [-0.25, -0.2) is 0 Å². The van der Waals surface area contributed by atoms with Crippen LogP contribution in [0.3, 0.4) is 0 Å². The second-order valence-electron chi connectivity index (χ2n) is 8.60. The van der Waals surface area contributed by atoms with Gasteiger partial charge in [-0.15, -0.1) is 12.4 Å². The number of benzene rings is 2. The van der Waals surface area contributed by atoms with Crippen LogP contribution in [-0.4, -0.2) is 23.0 Å². The Labute approximate surface area is 188 Å². The summed E-state index contributed by atoms with van der Waals surface area (Å²) in [5.41, 5.74) is 6.17. The van der Waals surface area contributed by atoms with Crippen LogP contribution in [0.25, 0.3) is 10.9 Å². The Hall–Kier alpha value is -1.81. The van der Waals surface area contributed by atoms with E-state index in [0.29, 0.717) is 5.92 Å². The summed E-state index contributed by atoms with van der Waals surface area (Å²) in [6.07, 6.45) is 6.66. The second kappa shape index (κ2) is 9.13. The number of aromatic amines is 1. The molecule has 1 fully saturated rings. The van der Waals surface area contributed by atoms with Gasteiger partial charge in [0.2, 0.25) is 0 Å². The molecule has 5 heteroatoms. The normalized spacial score (nSPS) is 17.5. The smallest absolute Gasteiger partial charge is 0.251 e. The van der Waals surface area contributed by atoms with Crippen molar-refractivity contribution in [1.29, 1.82) is 0 Å². The predicted molar refractivity (Wildman–Crippen MR) is 127 cm³/mol. The Morgan fingerprint density at radius 1 is 0.967 bits per heavy atom. The Balaban J connectivity index is 0.00000218. The highest BCUT2D eigenvalue weighted by molar-refractivity contribution is 6.30. The van der Waals surface area contributed by atoms with Crippen molar-refractivity contribution in [1.82, 2.24) is 9.88 Å². The molecule has 1 aliphatic heterocycles. The molecule has 3 aromatic rings. The number of aromatic nitrogens is 1. The van der Waals surface area contributed by atoms with Crippen LogP contribution in [0.2, 0.25) is 5.02 Å². The standard InChI is InChI=1S/C25H27ClN2O.ClH/c26-20-8-6-18(7-9-20)19-11-13-28(14-12-19)16-17-5-10-24-23(15-17)21-3-1-2-4-22(21)25(29)27-24;/h5-10,15,19H,1-4,11-14,16H2,(H,27,29);1H. The minimum atomic E-state index is 0. The molecule has 5 rings (SSSR count). The second-order valence-corrected chi connectivity index (χ2v) is 9.04. The molecule has 0 amide bonds. The third-order valence-corrected chi connectivity index (χ3v) is 6.99. The molecule has 0 spiro atoms. The van der Waals surface area contributed by atoms with Crippen LogP contribution in [0, 0.1) is 0 Å². The molecule has 2 aliphatic rings. The van der Waals surface area contributed by atoms with Gasteiger partial charge in [-0.05, 0) is 98.5 Å². The Morgan fingerprint density at radius 2 is 1.67 bits per heavy atom. The zero-order valence-electron chi connectivity index (χ0n) is 17.1. The Bertz CT molecular complexity index is 1080. The summed E-state index contributed by atoms with van der Waals surface area (Å²) < 4.78 is 0. The number of rotatable bonds is 3. The van der Waals surface area contributed by atoms with Crippen molar-refractivity contribution in [3.63, 3.8) is 0 Å². The van der Waals surface area contributed by atoms with E-state index in [9.17, 15) is 4.79 Å². The number of piperidine rings is 1. The minimum Gasteiger partial charge on any atom is -0.322 e. The van der Waals surface area contributed by atoms with Gasteiger partial charge in [0.25, 0.3) is 5.56 Å². The molecule has 0 bridgehead atoms. The van der Waals surface area contributed by atoms with Gasteiger partial charge in [-0.1, -0.05) is 29.8 Å². The van der Waals surface area contributed by atoms with Crippen LogP contribution in [0.15, 0.2) is 47.3 Å². The van der Waals surface area contributed by atoms with Gasteiger partial charge in [0.15, 0.2) is 0 Å². The van der Waals surface area contributed by atoms with E-state index in [1.165, 1.54) is 41.3 Å². The lowest BCUT2D eigenvalue weighted by atomic mass is 9.88. The summed E-state index contributed by atoms with van der Waals surface area (Å²) in [5.74, 6) is 0.636. The van der Waals surface area contributed by atoms with E-state index >= 15 is 0 Å². The fourth-order valence-electron chi connectivity index (χ4n) is 5.12. The monoisotopic (exact) mass is 442 g/mol. The maximum atomic E-state index is 12.4. The quantitative estimate of drug-likeness (QED) is 0.550. The zero-order valence-corrected chi connectivity index (χ0v) is 18.7. The number of pyridine rings is 1. The van der Waals surface area contributed by atoms with Crippen molar-refractivity contribution in [2.45, 2.75) is 51.0 Å². The van der Waals surface area contributed by atoms with E-state index in [4.69, 9.17) is 11.6 Å². The highest BCUT2D eigenvalue weighted by Crippen LogP contribution is 2.30. The molecule has 2 heterocycles. The van der Waals surface area contributed by atoms with Crippen LogP contribution >= 0.6 is 24.0 Å². The molecule has 158 valence electrons. The van der Waals surface area contributed by atoms with E-state index in [-0.39, 0.29) is 18.0 Å². The highest BCUT2D eigenvalue weighted by Gasteiger charge is 2.21. The van der Waals surface area contributed by atoms with Crippen molar-refractivity contribution in [3.05, 3.63) is 80.1 Å². The Kier molecular flexibility index (Phi) is 6.52. The van der Waals surface area contributed by atoms with Crippen molar-refractivity contribution < 1.29 is 0 Å². The largest absolute Gasteiger partial charge is 0.322 e. The highest BCUT2D eigenvalue weighted by atomic mass is 35.5. The van der Waals surface area contributed by atoms with Crippen LogP contribution in [0.4, 0.5) is 0 Å². The first kappa shape index (κ1) is 21.4. The molecule has 0 atom stereocenters. The van der Waals surface area contributed by atoms with Gasteiger partial charge in [-0.3, -0.25) is 9.69 Å². The van der Waals surface area contributed by atoms with Crippen LogP contribution < -0.4 is 5.56 Å². The number of nitrogens with one attached hydrogen (secondary N) is 1. The number of fused-ring (bicyclic) bond motifs is 3. The molecular weight excluding hydrogens is 415 g/mol. The van der Waals surface area contributed by atoms with Gasteiger partial charge in [-0.2, -0.15) is 0 Å². The SMILES string of the molecule is Cl.O=c1[nH]c2ccc(CN3CCC(c4ccc(Cl)cc4)CC3)cc2c2c1CCCC2. The van der Waals surface area contributed by atoms with E-state index in [0.717, 1.165) is 55.0 Å². The van der Waals surface area contributed by atoms with Gasteiger partial charge in [0.05, 0.1) is 0 Å². The average Bonchev–Trinajstić information content (AvgIpc) is 2.76. The molecule has 3 nitrogen and oxygen atoms in total. The maximum absolute atomic E-state index is 12.4. The number of aryl methyl sites for hydroxylation is 1. The average molecular weight is 443 g/mol. The molecule has 0 unspecified atom stereocenters. The third kappa shape index (κ3) is 4.30. The molecular formula is C25H28Cl2N2O. The van der Waals surface area contributed by atoms with Crippen molar-refractivity contribution >= 4 is 34.9 Å². The molecule has 1 saturated heterocycles. The number of halogens is 2. The number of nitrogens with zero attached hydrogens (tertiary/aromatic N) is 1. The lowest BCUT2D eigenvalue weighted by Crippen LogP contribution is -2.32. The summed E-state index contributed by atoms with van der Waals surface area (Å²) in [7, 11) is 0. The predicted octanol–water partition coefficient (Wildman–Crippen LogP) is 5.86. The van der Waals surface area contributed by atoms with Gasteiger partial charge in [0.1, 0.15) is 0 Å². The molecule has 0 saturated carbocycles. The van der Waals surface area contributed by atoms with Crippen molar-refractivity contribution in [2.75, 3.05) is 13.1 Å². The topological polar surface area (TPSA) is 36.1 Å². The summed E-state index contributed by atoms with van der Waals surface area (Å²) in [4.78, 5) is 18.0. The fraction of sp³-hybridized carbons (Fsp3) is 0.400. The third-order valence-electron chi connectivity index (χ3n) is 6.73. The van der Waals surface area contributed by atoms with Crippen molar-refractivity contribution in [3.8, 4) is 0 Å². The molecule has 1 aromatic heterocycles. The number of likely N-dealkylation sites (tertiary alicyclic amines) is 1. The zero-order chi connectivity index (χ0) is 19.8. The number of hydrogen-bond donors (Lipinski definition) is 1. The van der Waals surface area contributed by atoms with E-state index in [1.807, 2.05) is 12.1 Å². The van der Waals surface area contributed by atoms with Crippen LogP contribution in [0.1, 0.15) is 53.9 Å². The van der Waals surface area contributed by atoms with Crippen LogP contribution in [0.5, 0.6) is 0 Å². The van der Waals surface area contributed by atoms with E-state index in [2.05, 4.69) is 40.2 Å². The van der Waals surface area contributed by atoms with Crippen LogP contribution in [-0.2, 0) is 19.4 Å². The summed E-state index contributed by atoms with van der Waals surface area (Å²) >= 11 is 6.03. The number of H-pyrrole nitrogens is 1. The summed E-state index contributed by atoms with van der Waals surface area (Å²) in [5, 5.41) is 2.07. The molecule has 30 heavy (non-hydrogen) atoms. The lowest BCUT2D eigenvalue weighted by Gasteiger charge is -2.32. The maximum Gasteiger partial charge on any atom is 0.251 e. The Morgan fingerprint density at radius 3 is 2.40 bits per heavy atom. The van der Waals surface area contributed by atoms with Gasteiger partial charge < -0.3 is 4.98 Å². The first-order valence-electron chi connectivity index (χ1n) is 10.8. The summed E-state index contributed by atoms with van der Waals surface area (Å²) in [6, 6.07) is 15.0. The molecule has 1 aliphatic carbocycles. The number of hydrogen-bond acceptors (Lipinski definition) is 2. The minimum absolute atomic E-state index is 0. The van der Waals surface area contributed by atoms with E-state index < -0.39 is 0 Å². The van der Waals surface area contributed by atoms with E-state index in [1.54, 1.807) is 0 Å². The molecule has 2 aromatic carbocycles.